The van der Waals surface area contributed by atoms with Crippen LogP contribution in [-0.4, -0.2) is 21.5 Å². The van der Waals surface area contributed by atoms with E-state index >= 15 is 0 Å². The minimum atomic E-state index is -0.106. The minimum Gasteiger partial charge on any atom is -0.311 e. The van der Waals surface area contributed by atoms with E-state index in [2.05, 4.69) is 34.1 Å². The van der Waals surface area contributed by atoms with E-state index in [0.29, 0.717) is 24.7 Å². The van der Waals surface area contributed by atoms with Crippen LogP contribution in [0.3, 0.4) is 0 Å². The molecular formula is C15H20N4O. The van der Waals surface area contributed by atoms with Crippen LogP contribution >= 0.6 is 0 Å². The molecule has 2 heterocycles. The van der Waals surface area contributed by atoms with Gasteiger partial charge in [0.1, 0.15) is 5.82 Å². The Morgan fingerprint density at radius 2 is 2.05 bits per heavy atom. The van der Waals surface area contributed by atoms with Crippen LogP contribution in [0.2, 0.25) is 0 Å². The number of nitrogens with zero attached hydrogens (tertiary/aromatic N) is 2. The summed E-state index contributed by atoms with van der Waals surface area (Å²) < 4.78 is 0. The fraction of sp³-hybridized carbons (Fsp3) is 0.400. The van der Waals surface area contributed by atoms with Crippen molar-refractivity contribution in [2.45, 2.75) is 26.8 Å². The number of aromatic nitrogens is 3. The highest BCUT2D eigenvalue weighted by molar-refractivity contribution is 5.16. The maximum Gasteiger partial charge on any atom is 0.251 e. The van der Waals surface area contributed by atoms with Gasteiger partial charge in [-0.05, 0) is 30.2 Å². The lowest BCUT2D eigenvalue weighted by Gasteiger charge is -2.08. The number of nitrogens with one attached hydrogen (secondary N) is 2. The summed E-state index contributed by atoms with van der Waals surface area (Å²) in [6, 6.07) is 5.39. The molecule has 0 radical (unpaired) electrons. The smallest absolute Gasteiger partial charge is 0.251 e. The van der Waals surface area contributed by atoms with E-state index in [1.807, 2.05) is 12.1 Å². The van der Waals surface area contributed by atoms with Crippen molar-refractivity contribution in [2.24, 2.45) is 5.92 Å². The fourth-order valence-electron chi connectivity index (χ4n) is 1.92. The quantitative estimate of drug-likeness (QED) is 0.836. The van der Waals surface area contributed by atoms with Gasteiger partial charge in [-0.15, -0.1) is 0 Å². The van der Waals surface area contributed by atoms with Gasteiger partial charge in [0.2, 0.25) is 0 Å². The molecule has 0 saturated carbocycles. The maximum atomic E-state index is 11.7. The van der Waals surface area contributed by atoms with Gasteiger partial charge in [0, 0.05) is 31.4 Å². The third-order valence-corrected chi connectivity index (χ3v) is 2.82. The molecule has 2 rings (SSSR count). The molecule has 0 bridgehead atoms. The molecule has 20 heavy (non-hydrogen) atoms. The predicted molar refractivity (Wildman–Crippen MR) is 78.4 cm³/mol. The summed E-state index contributed by atoms with van der Waals surface area (Å²) in [5, 5.41) is 3.29. The molecule has 0 aliphatic heterocycles. The van der Waals surface area contributed by atoms with Gasteiger partial charge in [-0.2, -0.15) is 0 Å². The SMILES string of the molecule is CC(C)CNCc1cc(=O)[nH]c(Cc2ccncc2)n1. The molecule has 0 fully saturated rings. The average molecular weight is 272 g/mol. The van der Waals surface area contributed by atoms with Gasteiger partial charge in [-0.25, -0.2) is 4.98 Å². The Morgan fingerprint density at radius 1 is 1.30 bits per heavy atom. The molecule has 2 N–H and O–H groups in total. The second kappa shape index (κ2) is 6.96. The van der Waals surface area contributed by atoms with E-state index in [4.69, 9.17) is 0 Å². The summed E-state index contributed by atoms with van der Waals surface area (Å²) in [5.41, 5.74) is 1.75. The molecule has 0 aliphatic rings. The molecule has 0 aliphatic carbocycles. The summed E-state index contributed by atoms with van der Waals surface area (Å²) in [7, 11) is 0. The summed E-state index contributed by atoms with van der Waals surface area (Å²) in [5.74, 6) is 1.26. The molecular weight excluding hydrogens is 252 g/mol. The number of H-pyrrole nitrogens is 1. The lowest BCUT2D eigenvalue weighted by atomic mass is 10.2. The van der Waals surface area contributed by atoms with Crippen molar-refractivity contribution in [1.82, 2.24) is 20.3 Å². The molecule has 2 aromatic rings. The largest absolute Gasteiger partial charge is 0.311 e. The second-order valence-corrected chi connectivity index (χ2v) is 5.24. The van der Waals surface area contributed by atoms with Crippen LogP contribution < -0.4 is 10.9 Å². The maximum absolute atomic E-state index is 11.7. The van der Waals surface area contributed by atoms with E-state index in [0.717, 1.165) is 17.8 Å². The number of hydrogen-bond donors (Lipinski definition) is 2. The molecule has 0 aromatic carbocycles. The second-order valence-electron chi connectivity index (χ2n) is 5.24. The van der Waals surface area contributed by atoms with Gasteiger partial charge in [-0.1, -0.05) is 13.8 Å². The third kappa shape index (κ3) is 4.59. The molecule has 5 heteroatoms. The van der Waals surface area contributed by atoms with Gasteiger partial charge >= 0.3 is 0 Å². The summed E-state index contributed by atoms with van der Waals surface area (Å²) in [4.78, 5) is 22.9. The van der Waals surface area contributed by atoms with Crippen molar-refractivity contribution in [3.8, 4) is 0 Å². The van der Waals surface area contributed by atoms with Crippen LogP contribution in [0.25, 0.3) is 0 Å². The molecule has 0 amide bonds. The highest BCUT2D eigenvalue weighted by Gasteiger charge is 2.03. The van der Waals surface area contributed by atoms with Crippen LogP contribution in [0.1, 0.15) is 30.9 Å². The van der Waals surface area contributed by atoms with Crippen molar-refractivity contribution in [1.29, 1.82) is 0 Å². The number of hydrogen-bond acceptors (Lipinski definition) is 4. The predicted octanol–water partition coefficient (Wildman–Crippen LogP) is 1.50. The average Bonchev–Trinajstić information content (AvgIpc) is 2.38. The van der Waals surface area contributed by atoms with Crippen molar-refractivity contribution in [2.75, 3.05) is 6.54 Å². The van der Waals surface area contributed by atoms with Crippen molar-refractivity contribution < 1.29 is 0 Å². The minimum absolute atomic E-state index is 0.106. The third-order valence-electron chi connectivity index (χ3n) is 2.82. The Kier molecular flexibility index (Phi) is 5.01. The molecule has 5 nitrogen and oxygen atoms in total. The molecule has 0 saturated heterocycles. The monoisotopic (exact) mass is 272 g/mol. The Balaban J connectivity index is 2.06. The summed E-state index contributed by atoms with van der Waals surface area (Å²) >= 11 is 0. The topological polar surface area (TPSA) is 70.7 Å². The first-order valence-corrected chi connectivity index (χ1v) is 6.82. The summed E-state index contributed by atoms with van der Waals surface area (Å²) in [6.45, 7) is 5.82. The molecule has 0 spiro atoms. The first-order chi connectivity index (χ1) is 9.63. The van der Waals surface area contributed by atoms with Crippen molar-refractivity contribution >= 4 is 0 Å². The van der Waals surface area contributed by atoms with Gasteiger partial charge < -0.3 is 10.3 Å². The van der Waals surface area contributed by atoms with E-state index in [9.17, 15) is 4.79 Å². The Bertz CT molecular complexity index is 592. The van der Waals surface area contributed by atoms with Crippen LogP contribution in [-0.2, 0) is 13.0 Å². The molecule has 0 unspecified atom stereocenters. The lowest BCUT2D eigenvalue weighted by molar-refractivity contribution is 0.547. The first kappa shape index (κ1) is 14.4. The number of rotatable bonds is 6. The van der Waals surface area contributed by atoms with Crippen LogP contribution in [0.15, 0.2) is 35.4 Å². The van der Waals surface area contributed by atoms with E-state index in [1.165, 1.54) is 0 Å². The zero-order valence-electron chi connectivity index (χ0n) is 11.9. The molecule has 0 atom stereocenters. The standard InChI is InChI=1S/C15H20N4O/c1-11(2)9-17-10-13-8-15(20)19-14(18-13)7-12-3-5-16-6-4-12/h3-6,8,11,17H,7,9-10H2,1-2H3,(H,18,19,20). The van der Waals surface area contributed by atoms with Gasteiger partial charge in [-0.3, -0.25) is 9.78 Å². The van der Waals surface area contributed by atoms with Gasteiger partial charge in [0.15, 0.2) is 0 Å². The number of pyridine rings is 1. The molecule has 106 valence electrons. The zero-order valence-corrected chi connectivity index (χ0v) is 11.9. The van der Waals surface area contributed by atoms with E-state index < -0.39 is 0 Å². The van der Waals surface area contributed by atoms with Crippen molar-refractivity contribution in [3.05, 3.63) is 58.0 Å². The Morgan fingerprint density at radius 3 is 2.75 bits per heavy atom. The van der Waals surface area contributed by atoms with E-state index in [1.54, 1.807) is 18.5 Å². The Labute approximate surface area is 118 Å². The van der Waals surface area contributed by atoms with Gasteiger partial charge in [0.25, 0.3) is 5.56 Å². The highest BCUT2D eigenvalue weighted by atomic mass is 16.1. The normalized spacial score (nSPS) is 10.9. The Hall–Kier alpha value is -2.01. The summed E-state index contributed by atoms with van der Waals surface area (Å²) in [6.07, 6.45) is 4.08. The molecule has 2 aromatic heterocycles. The first-order valence-electron chi connectivity index (χ1n) is 6.82. The van der Waals surface area contributed by atoms with Crippen LogP contribution in [0, 0.1) is 5.92 Å². The van der Waals surface area contributed by atoms with Gasteiger partial charge in [0.05, 0.1) is 5.69 Å². The lowest BCUT2D eigenvalue weighted by Crippen LogP contribution is -2.22. The van der Waals surface area contributed by atoms with E-state index in [-0.39, 0.29) is 5.56 Å². The van der Waals surface area contributed by atoms with Crippen LogP contribution in [0.4, 0.5) is 0 Å². The number of aromatic amines is 1. The van der Waals surface area contributed by atoms with Crippen LogP contribution in [0.5, 0.6) is 0 Å². The highest BCUT2D eigenvalue weighted by Crippen LogP contribution is 2.03. The zero-order chi connectivity index (χ0) is 14.4. The fourth-order valence-corrected chi connectivity index (χ4v) is 1.92. The van der Waals surface area contributed by atoms with Crippen molar-refractivity contribution in [3.63, 3.8) is 0 Å².